The molecule has 0 aromatic rings. The van der Waals surface area contributed by atoms with Crippen molar-refractivity contribution in [2.45, 2.75) is 0 Å². The normalized spacial score (nSPS) is 5.00. The fourth-order valence-corrected chi connectivity index (χ4v) is 0. The molecule has 3 heteroatoms. The summed E-state index contributed by atoms with van der Waals surface area (Å²) in [7, 11) is 0. The smallest absolute Gasteiger partial charge is 0 e. The summed E-state index contributed by atoms with van der Waals surface area (Å²) in [5.74, 6) is 0. The first-order valence-corrected chi connectivity index (χ1v) is 2.35. The second kappa shape index (κ2) is 8.90. The molecule has 0 bridgehead atoms. The van der Waals surface area contributed by atoms with Crippen molar-refractivity contribution in [3.05, 3.63) is 0 Å². The summed E-state index contributed by atoms with van der Waals surface area (Å²) in [4.78, 5) is 9.04. The van der Waals surface area contributed by atoms with Crippen LogP contribution in [0.2, 0.25) is 0 Å². The van der Waals surface area contributed by atoms with Gasteiger partial charge in [-0.15, -0.1) is 22.6 Å². The van der Waals surface area contributed by atoms with E-state index in [1.807, 2.05) is 22.6 Å². The predicted octanol–water partition coefficient (Wildman–Crippen LogP) is 0.529. The van der Waals surface area contributed by atoms with Crippen LogP contribution < -0.4 is 0 Å². The van der Waals surface area contributed by atoms with Crippen molar-refractivity contribution in [1.29, 1.82) is 0 Å². The molecular weight excluding hydrogens is 270 g/mol. The van der Waals surface area contributed by atoms with Crippen LogP contribution in [0.4, 0.5) is 0 Å². The third kappa shape index (κ3) is 11.2. The summed E-state index contributed by atoms with van der Waals surface area (Å²) in [5, 5.41) is 0. The Morgan fingerprint density at radius 3 is 2.00 bits per heavy atom. The Morgan fingerprint density at radius 1 is 1.80 bits per heavy atom. The molecule has 0 atom stereocenters. The number of alkyl halides is 1. The summed E-state index contributed by atoms with van der Waals surface area (Å²) in [6.07, 6.45) is 1.67. The molecule has 0 spiro atoms. The monoisotopic (exact) mass is 272 g/mol. The molecule has 0 amide bonds. The van der Waals surface area contributed by atoms with Gasteiger partial charge in [0.1, 0.15) is 0 Å². The van der Waals surface area contributed by atoms with E-state index in [9.17, 15) is 0 Å². The van der Waals surface area contributed by atoms with Gasteiger partial charge in [0.15, 0.2) is 0 Å². The van der Waals surface area contributed by atoms with Crippen LogP contribution in [0.5, 0.6) is 0 Å². The first-order valence-electron chi connectivity index (χ1n) is 0.825. The second-order valence-electron chi connectivity index (χ2n) is 0.278. The van der Waals surface area contributed by atoms with Gasteiger partial charge in [-0.25, -0.2) is 0 Å². The van der Waals surface area contributed by atoms with Gasteiger partial charge in [0.25, 0.3) is 0 Å². The van der Waals surface area contributed by atoms with Gasteiger partial charge in [-0.1, -0.05) is 4.43 Å². The van der Waals surface area contributed by atoms with Crippen LogP contribution in [0.25, 0.3) is 0 Å². The van der Waals surface area contributed by atoms with Crippen molar-refractivity contribution in [2.24, 2.45) is 0 Å². The summed E-state index contributed by atoms with van der Waals surface area (Å²) >= 11 is 1.93. The van der Waals surface area contributed by atoms with E-state index >= 15 is 0 Å². The first-order chi connectivity index (χ1) is 1.91. The maximum Gasteiger partial charge on any atom is 0 e. The largest absolute Gasteiger partial charge is 0.541 e. The van der Waals surface area contributed by atoms with Crippen molar-refractivity contribution in [3.63, 3.8) is 0 Å². The molecular formula is C2H2IORh-. The number of hydrogen-bond donors (Lipinski definition) is 0. The molecule has 5 heavy (non-hydrogen) atoms. The van der Waals surface area contributed by atoms with Gasteiger partial charge in [0.2, 0.25) is 0 Å². The van der Waals surface area contributed by atoms with Crippen molar-refractivity contribution < 1.29 is 24.3 Å². The van der Waals surface area contributed by atoms with E-state index in [4.69, 9.17) is 4.79 Å². The molecule has 0 aliphatic carbocycles. The van der Waals surface area contributed by atoms with Crippen LogP contribution in [0, 0.1) is 0 Å². The molecule has 33 valence electrons. The minimum Gasteiger partial charge on any atom is -0.541 e. The van der Waals surface area contributed by atoms with Gasteiger partial charge >= 0.3 is 0 Å². The summed E-state index contributed by atoms with van der Waals surface area (Å²) < 4.78 is 0.484. The van der Waals surface area contributed by atoms with Gasteiger partial charge < -0.3 is 4.79 Å². The zero-order chi connectivity index (χ0) is 3.41. The Balaban J connectivity index is 0. The van der Waals surface area contributed by atoms with E-state index in [0.29, 0.717) is 4.43 Å². The number of halogens is 1. The van der Waals surface area contributed by atoms with Crippen molar-refractivity contribution in [2.75, 3.05) is 4.43 Å². The fraction of sp³-hybridized carbons (Fsp3) is 0.500. The van der Waals surface area contributed by atoms with Gasteiger partial charge in [-0.3, -0.25) is 6.29 Å². The average Bonchev–Trinajstić information content (AvgIpc) is 1.37. The van der Waals surface area contributed by atoms with Crippen LogP contribution >= 0.6 is 22.6 Å². The maximum absolute atomic E-state index is 9.04. The van der Waals surface area contributed by atoms with Crippen LogP contribution in [0.15, 0.2) is 0 Å². The Morgan fingerprint density at radius 2 is 2.00 bits per heavy atom. The molecule has 0 fully saturated rings. The molecule has 0 aliphatic heterocycles. The first kappa shape index (κ1) is 9.39. The summed E-state index contributed by atoms with van der Waals surface area (Å²) in [6.45, 7) is 0. The van der Waals surface area contributed by atoms with Crippen molar-refractivity contribution in [3.8, 4) is 0 Å². The number of rotatable bonds is 1. The van der Waals surface area contributed by atoms with E-state index in [1.165, 1.54) is 0 Å². The molecule has 0 rings (SSSR count). The van der Waals surface area contributed by atoms with E-state index in [1.54, 1.807) is 6.29 Å². The Labute approximate surface area is 57.4 Å². The van der Waals surface area contributed by atoms with Gasteiger partial charge in [-0.2, -0.15) is 0 Å². The fourth-order valence-electron chi connectivity index (χ4n) is 0. The zero-order valence-electron chi connectivity index (χ0n) is 2.33. The topological polar surface area (TPSA) is 17.1 Å². The molecule has 0 unspecified atom stereocenters. The van der Waals surface area contributed by atoms with Gasteiger partial charge in [0.05, 0.1) is 0 Å². The maximum atomic E-state index is 9.04. The Hall–Kier alpha value is 1.02. The molecule has 0 aliphatic rings. The van der Waals surface area contributed by atoms with Crippen molar-refractivity contribution in [1.82, 2.24) is 0 Å². The third-order valence-electron chi connectivity index (χ3n) is 0.0546. The minimum atomic E-state index is 0. The van der Waals surface area contributed by atoms with Crippen molar-refractivity contribution >= 4 is 28.9 Å². The Kier molecular flexibility index (Phi) is 16.7. The van der Waals surface area contributed by atoms with Crippen LogP contribution in [-0.4, -0.2) is 10.7 Å². The molecule has 1 nitrogen and oxygen atoms in total. The van der Waals surface area contributed by atoms with E-state index in [0.717, 1.165) is 0 Å². The van der Waals surface area contributed by atoms with E-state index in [-0.39, 0.29) is 19.5 Å². The summed E-state index contributed by atoms with van der Waals surface area (Å²) in [6, 6.07) is 0. The van der Waals surface area contributed by atoms with E-state index < -0.39 is 0 Å². The van der Waals surface area contributed by atoms with Crippen LogP contribution in [0.1, 0.15) is 0 Å². The molecule has 0 saturated heterocycles. The molecule has 0 N–H and O–H groups in total. The SMILES string of the molecule is O=[C-]CI.[Rh]. The third-order valence-corrected chi connectivity index (χ3v) is 0.366. The molecule has 0 heterocycles. The van der Waals surface area contributed by atoms with Gasteiger partial charge in [-0.05, 0) is 0 Å². The standard InChI is InChI=1S/C2H2IO.Rh/c3-1-2-4;/h1H2;/q-1;. The van der Waals surface area contributed by atoms with Crippen LogP contribution in [0.3, 0.4) is 0 Å². The molecule has 0 aromatic carbocycles. The average molecular weight is 272 g/mol. The quantitative estimate of drug-likeness (QED) is 0.294. The Bertz CT molecular complexity index is 23.6. The minimum absolute atomic E-state index is 0. The number of carbonyl (C=O) groups excluding carboxylic acids is 1. The van der Waals surface area contributed by atoms with Gasteiger partial charge in [0, 0.05) is 19.5 Å². The second-order valence-corrected chi connectivity index (χ2v) is 1.04. The molecule has 1 radical (unpaired) electrons. The van der Waals surface area contributed by atoms with E-state index in [2.05, 4.69) is 0 Å². The molecule has 0 saturated carbocycles. The predicted molar refractivity (Wildman–Crippen MR) is 24.6 cm³/mol. The summed E-state index contributed by atoms with van der Waals surface area (Å²) in [5.41, 5.74) is 0. The molecule has 0 aromatic heterocycles. The van der Waals surface area contributed by atoms with Crippen LogP contribution in [-0.2, 0) is 24.3 Å². The number of hydrogen-bond acceptors (Lipinski definition) is 1. The zero-order valence-corrected chi connectivity index (χ0v) is 6.12.